The molecule has 2 aromatic carbocycles. The molecule has 1 aliphatic heterocycles. The number of amides is 1. The first-order chi connectivity index (χ1) is 12.2. The zero-order valence-corrected chi connectivity index (χ0v) is 14.8. The van der Waals surface area contributed by atoms with E-state index in [2.05, 4.69) is 10.3 Å². The number of hydrogen-bond acceptors (Lipinski definition) is 5. The van der Waals surface area contributed by atoms with E-state index < -0.39 is 0 Å². The average Bonchev–Trinajstić information content (AvgIpc) is 2.97. The number of carbonyl (C=O) groups excluding carboxylic acids is 1. The Balaban J connectivity index is 1.81. The number of nitrogens with one attached hydrogen (secondary N) is 1. The van der Waals surface area contributed by atoms with Crippen LogP contribution in [0.3, 0.4) is 0 Å². The highest BCUT2D eigenvalue weighted by atomic mass is 32.2. The second-order valence-electron chi connectivity index (χ2n) is 5.16. The third kappa shape index (κ3) is 4.22. The van der Waals surface area contributed by atoms with Crippen LogP contribution in [0.2, 0.25) is 0 Å². The lowest BCUT2D eigenvalue weighted by Crippen LogP contribution is -2.19. The highest BCUT2D eigenvalue weighted by Gasteiger charge is 2.24. The number of carbonyl (C=O) groups is 1. The van der Waals surface area contributed by atoms with Crippen LogP contribution in [0, 0.1) is 0 Å². The molecule has 1 heterocycles. The van der Waals surface area contributed by atoms with Crippen molar-refractivity contribution in [2.45, 2.75) is 6.92 Å². The Hall–Kier alpha value is -2.73. The summed E-state index contributed by atoms with van der Waals surface area (Å²) in [6, 6.07) is 15.0. The van der Waals surface area contributed by atoms with Gasteiger partial charge in [0.25, 0.3) is 5.91 Å². The van der Waals surface area contributed by atoms with E-state index in [1.165, 1.54) is 11.8 Å². The Kier molecular flexibility index (Phi) is 5.40. The van der Waals surface area contributed by atoms with Crippen molar-refractivity contribution in [2.24, 2.45) is 4.99 Å². The molecule has 1 aliphatic rings. The molecule has 0 aliphatic carbocycles. The first kappa shape index (κ1) is 17.1. The van der Waals surface area contributed by atoms with Gasteiger partial charge in [-0.1, -0.05) is 24.3 Å². The Labute approximate surface area is 150 Å². The van der Waals surface area contributed by atoms with E-state index in [-0.39, 0.29) is 5.91 Å². The van der Waals surface area contributed by atoms with Gasteiger partial charge in [-0.3, -0.25) is 4.79 Å². The molecular weight excluding hydrogens is 336 g/mol. The molecule has 25 heavy (non-hydrogen) atoms. The summed E-state index contributed by atoms with van der Waals surface area (Å²) >= 11 is 1.31. The standard InChI is InChI=1S/C19H18N2O3S/c1-3-24-16-7-5-4-6-15(16)20-19-21-18(22)17(25-19)12-13-8-10-14(23-2)11-9-13/h4-12H,3H2,1-2H3,(H,20,21,22)/b17-12+. The van der Waals surface area contributed by atoms with Gasteiger partial charge in [-0.05, 0) is 54.6 Å². The van der Waals surface area contributed by atoms with Crippen LogP contribution in [0.25, 0.3) is 6.08 Å². The molecule has 0 bridgehead atoms. The minimum atomic E-state index is -0.159. The number of hydrogen-bond donors (Lipinski definition) is 1. The van der Waals surface area contributed by atoms with Gasteiger partial charge in [0.2, 0.25) is 0 Å². The summed E-state index contributed by atoms with van der Waals surface area (Å²) in [5, 5.41) is 3.33. The van der Waals surface area contributed by atoms with Gasteiger partial charge in [-0.15, -0.1) is 0 Å². The number of aliphatic imine (C=N–C) groups is 1. The van der Waals surface area contributed by atoms with Gasteiger partial charge in [0, 0.05) is 0 Å². The first-order valence-electron chi connectivity index (χ1n) is 7.85. The lowest BCUT2D eigenvalue weighted by atomic mass is 10.2. The van der Waals surface area contributed by atoms with Crippen molar-refractivity contribution in [2.75, 3.05) is 13.7 Å². The van der Waals surface area contributed by atoms with Crippen molar-refractivity contribution >= 4 is 34.6 Å². The molecule has 1 saturated heterocycles. The molecule has 3 rings (SSSR count). The molecule has 1 amide bonds. The third-order valence-electron chi connectivity index (χ3n) is 3.45. The number of para-hydroxylation sites is 2. The molecule has 0 radical (unpaired) electrons. The molecule has 2 aromatic rings. The fraction of sp³-hybridized carbons (Fsp3) is 0.158. The molecule has 0 aromatic heterocycles. The summed E-state index contributed by atoms with van der Waals surface area (Å²) in [4.78, 5) is 17.3. The number of thioether (sulfide) groups is 1. The van der Waals surface area contributed by atoms with Gasteiger partial charge >= 0.3 is 0 Å². The van der Waals surface area contributed by atoms with Crippen molar-refractivity contribution in [1.29, 1.82) is 0 Å². The summed E-state index contributed by atoms with van der Waals surface area (Å²) in [5.41, 5.74) is 1.62. The van der Waals surface area contributed by atoms with Crippen LogP contribution >= 0.6 is 11.8 Å². The minimum Gasteiger partial charge on any atom is -0.497 e. The van der Waals surface area contributed by atoms with E-state index in [9.17, 15) is 4.79 Å². The number of ether oxygens (including phenoxy) is 2. The molecule has 0 spiro atoms. The molecule has 0 atom stereocenters. The predicted molar refractivity (Wildman–Crippen MR) is 101 cm³/mol. The molecule has 6 heteroatoms. The number of amidine groups is 1. The predicted octanol–water partition coefficient (Wildman–Crippen LogP) is 3.99. The van der Waals surface area contributed by atoms with Crippen LogP contribution in [0.4, 0.5) is 5.69 Å². The van der Waals surface area contributed by atoms with Gasteiger partial charge in [-0.25, -0.2) is 4.99 Å². The highest BCUT2D eigenvalue weighted by Crippen LogP contribution is 2.32. The summed E-state index contributed by atoms with van der Waals surface area (Å²) in [7, 11) is 1.62. The lowest BCUT2D eigenvalue weighted by Gasteiger charge is -2.06. The molecule has 5 nitrogen and oxygen atoms in total. The van der Waals surface area contributed by atoms with Crippen molar-refractivity contribution in [3.05, 3.63) is 59.0 Å². The largest absolute Gasteiger partial charge is 0.497 e. The van der Waals surface area contributed by atoms with E-state index in [0.29, 0.717) is 28.1 Å². The first-order valence-corrected chi connectivity index (χ1v) is 8.66. The van der Waals surface area contributed by atoms with Crippen LogP contribution in [-0.2, 0) is 4.79 Å². The summed E-state index contributed by atoms with van der Waals surface area (Å²) in [6.07, 6.45) is 1.83. The Morgan fingerprint density at radius 2 is 1.92 bits per heavy atom. The maximum Gasteiger partial charge on any atom is 0.264 e. The fourth-order valence-corrected chi connectivity index (χ4v) is 3.10. The van der Waals surface area contributed by atoms with Crippen molar-refractivity contribution in [1.82, 2.24) is 5.32 Å². The number of rotatable bonds is 5. The van der Waals surface area contributed by atoms with E-state index in [1.807, 2.05) is 61.5 Å². The van der Waals surface area contributed by atoms with Crippen LogP contribution < -0.4 is 14.8 Å². The quantitative estimate of drug-likeness (QED) is 0.825. The van der Waals surface area contributed by atoms with Gasteiger partial charge < -0.3 is 14.8 Å². The second-order valence-corrected chi connectivity index (χ2v) is 6.19. The van der Waals surface area contributed by atoms with Gasteiger partial charge in [0.1, 0.15) is 17.2 Å². The monoisotopic (exact) mass is 354 g/mol. The normalized spacial score (nSPS) is 17.0. The zero-order chi connectivity index (χ0) is 17.6. The maximum atomic E-state index is 12.2. The average molecular weight is 354 g/mol. The number of nitrogens with zero attached hydrogens (tertiary/aromatic N) is 1. The smallest absolute Gasteiger partial charge is 0.264 e. The fourth-order valence-electron chi connectivity index (χ4n) is 2.27. The topological polar surface area (TPSA) is 59.9 Å². The molecule has 0 unspecified atom stereocenters. The molecular formula is C19H18N2O3S. The lowest BCUT2D eigenvalue weighted by molar-refractivity contribution is -0.115. The van der Waals surface area contributed by atoms with Crippen molar-refractivity contribution in [3.8, 4) is 11.5 Å². The van der Waals surface area contributed by atoms with E-state index in [4.69, 9.17) is 9.47 Å². The summed E-state index contributed by atoms with van der Waals surface area (Å²) < 4.78 is 10.7. The maximum absolute atomic E-state index is 12.2. The van der Waals surface area contributed by atoms with Gasteiger partial charge in [0.05, 0.1) is 18.6 Å². The molecule has 128 valence electrons. The van der Waals surface area contributed by atoms with Crippen LogP contribution in [0.15, 0.2) is 58.4 Å². The Morgan fingerprint density at radius 3 is 2.64 bits per heavy atom. The molecule has 0 saturated carbocycles. The number of benzene rings is 2. The van der Waals surface area contributed by atoms with Crippen LogP contribution in [-0.4, -0.2) is 24.8 Å². The van der Waals surface area contributed by atoms with Crippen molar-refractivity contribution in [3.63, 3.8) is 0 Å². The molecule has 1 N–H and O–H groups in total. The highest BCUT2D eigenvalue weighted by molar-refractivity contribution is 8.18. The second kappa shape index (κ2) is 7.90. The number of methoxy groups -OCH3 is 1. The van der Waals surface area contributed by atoms with E-state index >= 15 is 0 Å². The summed E-state index contributed by atoms with van der Waals surface area (Å²) in [5.74, 6) is 1.31. The minimum absolute atomic E-state index is 0.159. The molecule has 1 fully saturated rings. The van der Waals surface area contributed by atoms with Crippen LogP contribution in [0.1, 0.15) is 12.5 Å². The third-order valence-corrected chi connectivity index (χ3v) is 4.36. The van der Waals surface area contributed by atoms with E-state index in [0.717, 1.165) is 11.3 Å². The van der Waals surface area contributed by atoms with Gasteiger partial charge in [-0.2, -0.15) is 0 Å². The zero-order valence-electron chi connectivity index (χ0n) is 14.0. The van der Waals surface area contributed by atoms with Gasteiger partial charge in [0.15, 0.2) is 5.17 Å². The Morgan fingerprint density at radius 1 is 1.16 bits per heavy atom. The van der Waals surface area contributed by atoms with E-state index in [1.54, 1.807) is 7.11 Å². The van der Waals surface area contributed by atoms with Crippen molar-refractivity contribution < 1.29 is 14.3 Å². The summed E-state index contributed by atoms with van der Waals surface area (Å²) in [6.45, 7) is 2.48. The SMILES string of the molecule is CCOc1ccccc1N=C1NC(=O)/C(=C\c2ccc(OC)cc2)S1. The Bertz CT molecular complexity index is 829. The van der Waals surface area contributed by atoms with Crippen LogP contribution in [0.5, 0.6) is 11.5 Å².